The van der Waals surface area contributed by atoms with Gasteiger partial charge in [0, 0.05) is 5.56 Å². The molecule has 0 spiro atoms. The summed E-state index contributed by atoms with van der Waals surface area (Å²) < 4.78 is 0. The number of imide groups is 1. The van der Waals surface area contributed by atoms with Gasteiger partial charge in [0.05, 0.1) is 12.1 Å². The van der Waals surface area contributed by atoms with Crippen LogP contribution < -0.4 is 15.8 Å². The lowest BCUT2D eigenvalue weighted by Gasteiger charge is -2.16. The molecular weight excluding hydrogens is 306 g/mol. The zero-order valence-corrected chi connectivity index (χ0v) is 13.2. The fourth-order valence-electron chi connectivity index (χ4n) is 2.60. The Balaban J connectivity index is 1.67. The molecule has 1 aliphatic heterocycles. The maximum Gasteiger partial charge on any atom is 0.265 e. The van der Waals surface area contributed by atoms with Gasteiger partial charge in [0.15, 0.2) is 0 Å². The Labute approximate surface area is 139 Å². The van der Waals surface area contributed by atoms with Gasteiger partial charge in [-0.15, -0.1) is 0 Å². The van der Waals surface area contributed by atoms with Gasteiger partial charge in [0.1, 0.15) is 6.04 Å². The number of anilines is 1. The van der Waals surface area contributed by atoms with Crippen molar-refractivity contribution in [1.29, 1.82) is 0 Å². The van der Waals surface area contributed by atoms with Crippen molar-refractivity contribution in [2.75, 3.05) is 4.90 Å². The SMILES string of the molecule is Cc1cccc(N2C(=O)CC(NNC(=O)c3ccccc3)C2=O)c1. The molecule has 3 rings (SSSR count). The van der Waals surface area contributed by atoms with Crippen molar-refractivity contribution in [3.8, 4) is 0 Å². The molecule has 6 nitrogen and oxygen atoms in total. The summed E-state index contributed by atoms with van der Waals surface area (Å²) in [6.45, 7) is 1.89. The molecule has 2 aromatic carbocycles. The third-order valence-corrected chi connectivity index (χ3v) is 3.80. The molecule has 0 radical (unpaired) electrons. The van der Waals surface area contributed by atoms with E-state index >= 15 is 0 Å². The van der Waals surface area contributed by atoms with Crippen molar-refractivity contribution in [1.82, 2.24) is 10.9 Å². The van der Waals surface area contributed by atoms with Gasteiger partial charge in [-0.25, -0.2) is 10.3 Å². The molecule has 2 aromatic rings. The van der Waals surface area contributed by atoms with Gasteiger partial charge in [-0.1, -0.05) is 30.3 Å². The van der Waals surface area contributed by atoms with Crippen LogP contribution >= 0.6 is 0 Å². The van der Waals surface area contributed by atoms with Gasteiger partial charge in [-0.2, -0.15) is 0 Å². The first-order valence-electron chi connectivity index (χ1n) is 7.60. The third-order valence-electron chi connectivity index (χ3n) is 3.80. The number of carbonyl (C=O) groups is 3. The van der Waals surface area contributed by atoms with Crippen molar-refractivity contribution >= 4 is 23.4 Å². The number of hydrazine groups is 1. The standard InChI is InChI=1S/C18H17N3O3/c1-12-6-5-9-14(10-12)21-16(22)11-15(18(21)24)19-20-17(23)13-7-3-2-4-8-13/h2-10,15,19H,11H2,1H3,(H,20,23). The van der Waals surface area contributed by atoms with E-state index < -0.39 is 6.04 Å². The molecule has 1 heterocycles. The summed E-state index contributed by atoms with van der Waals surface area (Å²) in [6, 6.07) is 15.0. The fraction of sp³-hybridized carbons (Fsp3) is 0.167. The summed E-state index contributed by atoms with van der Waals surface area (Å²) in [5.74, 6) is -1.03. The molecule has 6 heteroatoms. The molecule has 3 amide bonds. The predicted octanol–water partition coefficient (Wildman–Crippen LogP) is 1.56. The van der Waals surface area contributed by atoms with Crippen LogP contribution in [0.1, 0.15) is 22.3 Å². The van der Waals surface area contributed by atoms with Crippen LogP contribution in [0.2, 0.25) is 0 Å². The summed E-state index contributed by atoms with van der Waals surface area (Å²) in [4.78, 5) is 37.8. The van der Waals surface area contributed by atoms with E-state index in [0.717, 1.165) is 10.5 Å². The summed E-state index contributed by atoms with van der Waals surface area (Å²) in [6.07, 6.45) is 0.00183. The molecular formula is C18H17N3O3. The van der Waals surface area contributed by atoms with E-state index in [1.54, 1.807) is 42.5 Å². The molecule has 0 aromatic heterocycles. The van der Waals surface area contributed by atoms with Crippen LogP contribution in [0.5, 0.6) is 0 Å². The van der Waals surface area contributed by atoms with Crippen LogP contribution in [0.4, 0.5) is 5.69 Å². The van der Waals surface area contributed by atoms with E-state index in [9.17, 15) is 14.4 Å². The van der Waals surface area contributed by atoms with E-state index in [2.05, 4.69) is 10.9 Å². The number of carbonyl (C=O) groups excluding carboxylic acids is 3. The molecule has 0 aliphatic carbocycles. The number of amides is 3. The lowest BCUT2D eigenvalue weighted by molar-refractivity contribution is -0.121. The molecule has 1 saturated heterocycles. The van der Waals surface area contributed by atoms with Crippen LogP contribution in [0.15, 0.2) is 54.6 Å². The Morgan fingerprint density at radius 2 is 1.83 bits per heavy atom. The largest absolute Gasteiger partial charge is 0.287 e. The number of aryl methyl sites for hydroxylation is 1. The fourth-order valence-corrected chi connectivity index (χ4v) is 2.60. The van der Waals surface area contributed by atoms with Crippen LogP contribution in [0, 0.1) is 6.92 Å². The molecule has 1 unspecified atom stereocenters. The Hall–Kier alpha value is -2.99. The number of nitrogens with one attached hydrogen (secondary N) is 2. The highest BCUT2D eigenvalue weighted by Gasteiger charge is 2.39. The van der Waals surface area contributed by atoms with Crippen LogP contribution in [0.3, 0.4) is 0 Å². The maximum atomic E-state index is 12.5. The lowest BCUT2D eigenvalue weighted by atomic mass is 10.2. The molecule has 1 fully saturated rings. The zero-order valence-electron chi connectivity index (χ0n) is 13.2. The normalized spacial score (nSPS) is 17.2. The van der Waals surface area contributed by atoms with E-state index in [-0.39, 0.29) is 24.1 Å². The average molecular weight is 323 g/mol. The molecule has 1 atom stereocenters. The molecule has 24 heavy (non-hydrogen) atoms. The van der Waals surface area contributed by atoms with Crippen molar-refractivity contribution in [2.45, 2.75) is 19.4 Å². The monoisotopic (exact) mass is 323 g/mol. The van der Waals surface area contributed by atoms with Crippen molar-refractivity contribution < 1.29 is 14.4 Å². The van der Waals surface area contributed by atoms with Crippen molar-refractivity contribution in [3.05, 3.63) is 65.7 Å². The highest BCUT2D eigenvalue weighted by Crippen LogP contribution is 2.23. The smallest absolute Gasteiger partial charge is 0.265 e. The highest BCUT2D eigenvalue weighted by atomic mass is 16.2. The van der Waals surface area contributed by atoms with Crippen LogP contribution in [-0.4, -0.2) is 23.8 Å². The second-order valence-electron chi connectivity index (χ2n) is 5.63. The first kappa shape index (κ1) is 15.9. The lowest BCUT2D eigenvalue weighted by Crippen LogP contribution is -2.48. The van der Waals surface area contributed by atoms with Gasteiger partial charge < -0.3 is 0 Å². The van der Waals surface area contributed by atoms with E-state index in [4.69, 9.17) is 0 Å². The number of rotatable bonds is 4. The Morgan fingerprint density at radius 3 is 2.54 bits per heavy atom. The summed E-state index contributed by atoms with van der Waals surface area (Å²) in [7, 11) is 0. The van der Waals surface area contributed by atoms with Gasteiger partial charge in [0.25, 0.3) is 11.8 Å². The first-order chi connectivity index (χ1) is 11.6. The van der Waals surface area contributed by atoms with Gasteiger partial charge >= 0.3 is 0 Å². The van der Waals surface area contributed by atoms with E-state index in [0.29, 0.717) is 11.3 Å². The Kier molecular flexibility index (Phi) is 4.39. The Morgan fingerprint density at radius 1 is 1.08 bits per heavy atom. The minimum atomic E-state index is -0.773. The minimum absolute atomic E-state index is 0.00183. The maximum absolute atomic E-state index is 12.5. The summed E-state index contributed by atoms with van der Waals surface area (Å²) in [5.41, 5.74) is 7.12. The van der Waals surface area contributed by atoms with E-state index in [1.807, 2.05) is 19.1 Å². The molecule has 1 aliphatic rings. The number of nitrogens with zero attached hydrogens (tertiary/aromatic N) is 1. The molecule has 2 N–H and O–H groups in total. The second kappa shape index (κ2) is 6.64. The van der Waals surface area contributed by atoms with Crippen molar-refractivity contribution in [3.63, 3.8) is 0 Å². The topological polar surface area (TPSA) is 78.5 Å². The summed E-state index contributed by atoms with van der Waals surface area (Å²) >= 11 is 0. The number of benzene rings is 2. The highest BCUT2D eigenvalue weighted by molar-refractivity contribution is 6.22. The second-order valence-corrected chi connectivity index (χ2v) is 5.63. The third kappa shape index (κ3) is 3.18. The van der Waals surface area contributed by atoms with Gasteiger partial charge in [-0.3, -0.25) is 19.8 Å². The van der Waals surface area contributed by atoms with Gasteiger partial charge in [0.2, 0.25) is 5.91 Å². The number of hydrogen-bond donors (Lipinski definition) is 2. The Bertz CT molecular complexity index is 789. The minimum Gasteiger partial charge on any atom is -0.287 e. The van der Waals surface area contributed by atoms with Crippen molar-refractivity contribution in [2.24, 2.45) is 0 Å². The average Bonchev–Trinajstić information content (AvgIpc) is 2.87. The van der Waals surface area contributed by atoms with Crippen LogP contribution in [0.25, 0.3) is 0 Å². The predicted molar refractivity (Wildman–Crippen MR) is 89.1 cm³/mol. The quantitative estimate of drug-likeness (QED) is 0.661. The molecule has 0 saturated carbocycles. The molecule has 0 bridgehead atoms. The molecule has 122 valence electrons. The number of hydrogen-bond acceptors (Lipinski definition) is 4. The first-order valence-corrected chi connectivity index (χ1v) is 7.60. The van der Waals surface area contributed by atoms with E-state index in [1.165, 1.54) is 0 Å². The summed E-state index contributed by atoms with van der Waals surface area (Å²) in [5, 5.41) is 0. The van der Waals surface area contributed by atoms with Crippen LogP contribution in [-0.2, 0) is 9.59 Å². The van der Waals surface area contributed by atoms with Gasteiger partial charge in [-0.05, 0) is 36.8 Å². The zero-order chi connectivity index (χ0) is 17.1.